The van der Waals surface area contributed by atoms with Gasteiger partial charge in [-0.2, -0.15) is 35.7 Å². The summed E-state index contributed by atoms with van der Waals surface area (Å²) in [4.78, 5) is 12.0. The van der Waals surface area contributed by atoms with E-state index in [4.69, 9.17) is 0 Å². The number of carbonyl (C=O) groups excluding carboxylic acids is 1. The zero-order valence-electron chi connectivity index (χ0n) is 17.6. The van der Waals surface area contributed by atoms with Gasteiger partial charge in [-0.15, -0.1) is 0 Å². The van der Waals surface area contributed by atoms with Crippen LogP contribution in [0.1, 0.15) is 18.4 Å². The average molecular weight is 482 g/mol. The third kappa shape index (κ3) is 5.70. The minimum atomic E-state index is -4.63. The molecule has 0 atom stereocenters. The third-order valence-electron chi connectivity index (χ3n) is 5.28. The fourth-order valence-corrected chi connectivity index (χ4v) is 4.23. The summed E-state index contributed by atoms with van der Waals surface area (Å²) in [6.45, 7) is -1.74. The van der Waals surface area contributed by atoms with Gasteiger partial charge in [0.1, 0.15) is 6.54 Å². The Balaban J connectivity index is 1.47. The van der Waals surface area contributed by atoms with Gasteiger partial charge in [-0.3, -0.25) is 9.89 Å². The summed E-state index contributed by atoms with van der Waals surface area (Å²) in [6.07, 6.45) is -2.85. The van der Waals surface area contributed by atoms with Gasteiger partial charge >= 0.3 is 6.18 Å². The van der Waals surface area contributed by atoms with E-state index in [1.807, 2.05) is 24.3 Å². The van der Waals surface area contributed by atoms with E-state index < -0.39 is 22.9 Å². The number of amides is 1. The van der Waals surface area contributed by atoms with Crippen LogP contribution in [-0.2, 0) is 21.5 Å². The van der Waals surface area contributed by atoms with Crippen LogP contribution < -0.4 is 10.0 Å². The molecule has 4 rings (SSSR count). The highest BCUT2D eigenvalue weighted by Gasteiger charge is 2.34. The summed E-state index contributed by atoms with van der Waals surface area (Å²) in [5.41, 5.74) is 2.91. The van der Waals surface area contributed by atoms with Crippen LogP contribution in [0, 0.1) is 5.92 Å². The molecule has 1 aromatic heterocycles. The highest BCUT2D eigenvalue weighted by molar-refractivity contribution is 7.87. The molecular formula is C21H22F3N5O3S. The Morgan fingerprint density at radius 1 is 1.18 bits per heavy atom. The quantitative estimate of drug-likeness (QED) is 0.458. The molecule has 3 N–H and O–H groups in total. The first-order chi connectivity index (χ1) is 15.5. The van der Waals surface area contributed by atoms with Gasteiger partial charge in [-0.25, -0.2) is 0 Å². The lowest BCUT2D eigenvalue weighted by Gasteiger charge is -2.19. The highest BCUT2D eigenvalue weighted by atomic mass is 32.2. The molecule has 1 saturated carbocycles. The zero-order chi connectivity index (χ0) is 23.8. The van der Waals surface area contributed by atoms with Crippen LogP contribution in [0.2, 0.25) is 0 Å². The lowest BCUT2D eigenvalue weighted by molar-refractivity contribution is -0.134. The molecule has 1 amide bonds. The maximum Gasteiger partial charge on any atom is 0.402 e. The number of alkyl halides is 3. The molecule has 176 valence electrons. The van der Waals surface area contributed by atoms with Gasteiger partial charge in [-0.05, 0) is 47.7 Å². The van der Waals surface area contributed by atoms with Gasteiger partial charge in [0, 0.05) is 24.9 Å². The van der Waals surface area contributed by atoms with Gasteiger partial charge in [0.05, 0.1) is 5.52 Å². The Morgan fingerprint density at radius 3 is 2.61 bits per heavy atom. The molecule has 0 unspecified atom stereocenters. The molecule has 0 bridgehead atoms. The maximum atomic E-state index is 12.5. The normalized spacial score (nSPS) is 14.7. The van der Waals surface area contributed by atoms with Gasteiger partial charge in [0.15, 0.2) is 5.82 Å². The Morgan fingerprint density at radius 2 is 1.91 bits per heavy atom. The van der Waals surface area contributed by atoms with Crippen molar-refractivity contribution in [3.05, 3.63) is 48.0 Å². The van der Waals surface area contributed by atoms with Crippen LogP contribution in [-0.4, -0.2) is 48.6 Å². The number of carbonyl (C=O) groups is 1. The van der Waals surface area contributed by atoms with Gasteiger partial charge in [0.2, 0.25) is 5.91 Å². The summed E-state index contributed by atoms with van der Waals surface area (Å²) in [5.74, 6) is 0.493. The molecule has 1 aliphatic rings. The van der Waals surface area contributed by atoms with E-state index in [-0.39, 0.29) is 22.7 Å². The topological polar surface area (TPSA) is 107 Å². The number of rotatable bonds is 8. The number of hydrogen-bond acceptors (Lipinski definition) is 4. The van der Waals surface area contributed by atoms with Gasteiger partial charge < -0.3 is 5.32 Å². The summed E-state index contributed by atoms with van der Waals surface area (Å²) in [6, 6.07) is 12.5. The molecule has 33 heavy (non-hydrogen) atoms. The zero-order valence-corrected chi connectivity index (χ0v) is 18.4. The first-order valence-electron chi connectivity index (χ1n) is 10.2. The minimum Gasteiger partial charge on any atom is -0.308 e. The van der Waals surface area contributed by atoms with Crippen LogP contribution in [0.3, 0.4) is 0 Å². The van der Waals surface area contributed by atoms with Crippen molar-refractivity contribution in [1.29, 1.82) is 0 Å². The largest absolute Gasteiger partial charge is 0.402 e. The van der Waals surface area contributed by atoms with Crippen LogP contribution in [0.5, 0.6) is 0 Å². The van der Waals surface area contributed by atoms with E-state index in [0.29, 0.717) is 11.4 Å². The molecule has 1 heterocycles. The SMILES string of the molecule is CN(CC(F)(F)F)S(=O)(=O)NCc1cccc(-c2ccc3c(NC(=O)C4CC4)n[nH]c3c2)c1. The number of hydrogen-bond donors (Lipinski definition) is 3. The van der Waals surface area contributed by atoms with Crippen molar-refractivity contribution in [3.63, 3.8) is 0 Å². The average Bonchev–Trinajstić information content (AvgIpc) is 3.53. The molecule has 8 nitrogen and oxygen atoms in total. The minimum absolute atomic E-state index is 0.0384. The van der Waals surface area contributed by atoms with Gasteiger partial charge in [-0.1, -0.05) is 24.3 Å². The third-order valence-corrected chi connectivity index (χ3v) is 6.74. The second-order valence-electron chi connectivity index (χ2n) is 7.99. The number of fused-ring (bicyclic) bond motifs is 1. The van der Waals surface area contributed by atoms with E-state index in [0.717, 1.165) is 41.9 Å². The van der Waals surface area contributed by atoms with E-state index >= 15 is 0 Å². The Bertz CT molecular complexity index is 1290. The first kappa shape index (κ1) is 23.2. The van der Waals surface area contributed by atoms with Gasteiger partial charge in [0.25, 0.3) is 10.2 Å². The van der Waals surface area contributed by atoms with Crippen molar-refractivity contribution >= 4 is 32.8 Å². The number of nitrogens with zero attached hydrogens (tertiary/aromatic N) is 2. The Labute approximate surface area is 188 Å². The molecule has 1 aliphatic carbocycles. The molecule has 0 radical (unpaired) electrons. The number of halogens is 3. The fourth-order valence-electron chi connectivity index (χ4n) is 3.34. The Hall–Kier alpha value is -2.96. The number of benzene rings is 2. The maximum absolute atomic E-state index is 12.5. The number of H-pyrrole nitrogens is 1. The number of aromatic amines is 1. The van der Waals surface area contributed by atoms with Crippen LogP contribution >= 0.6 is 0 Å². The van der Waals surface area contributed by atoms with Crippen LogP contribution in [0.15, 0.2) is 42.5 Å². The molecule has 12 heteroatoms. The Kier molecular flexibility index (Phi) is 6.16. The van der Waals surface area contributed by atoms with E-state index in [2.05, 4.69) is 20.2 Å². The molecule has 2 aromatic carbocycles. The van der Waals surface area contributed by atoms with Crippen molar-refractivity contribution in [2.45, 2.75) is 25.6 Å². The predicted octanol–water partition coefficient (Wildman–Crippen LogP) is 3.41. The predicted molar refractivity (Wildman–Crippen MR) is 117 cm³/mol. The summed E-state index contributed by atoms with van der Waals surface area (Å²) in [5, 5.41) is 10.7. The smallest absolute Gasteiger partial charge is 0.308 e. The van der Waals surface area contributed by atoms with Crippen molar-refractivity contribution < 1.29 is 26.4 Å². The fraction of sp³-hybridized carbons (Fsp3) is 0.333. The lowest BCUT2D eigenvalue weighted by atomic mass is 10.0. The number of nitrogens with one attached hydrogen (secondary N) is 3. The van der Waals surface area contributed by atoms with Crippen molar-refractivity contribution in [3.8, 4) is 11.1 Å². The molecule has 3 aromatic rings. The number of aromatic nitrogens is 2. The molecular weight excluding hydrogens is 459 g/mol. The van der Waals surface area contributed by atoms with Crippen molar-refractivity contribution in [2.24, 2.45) is 5.92 Å². The van der Waals surface area contributed by atoms with Crippen molar-refractivity contribution in [1.82, 2.24) is 19.2 Å². The van der Waals surface area contributed by atoms with E-state index in [1.54, 1.807) is 18.2 Å². The highest BCUT2D eigenvalue weighted by Crippen LogP contribution is 2.32. The first-order valence-corrected chi connectivity index (χ1v) is 11.6. The molecule has 0 saturated heterocycles. The summed E-state index contributed by atoms with van der Waals surface area (Å²) < 4.78 is 64.0. The summed E-state index contributed by atoms with van der Waals surface area (Å²) in [7, 11) is -3.42. The van der Waals surface area contributed by atoms with Crippen LogP contribution in [0.25, 0.3) is 22.0 Å². The van der Waals surface area contributed by atoms with Crippen molar-refractivity contribution in [2.75, 3.05) is 18.9 Å². The molecule has 0 spiro atoms. The lowest BCUT2D eigenvalue weighted by Crippen LogP contribution is -2.42. The second-order valence-corrected chi connectivity index (χ2v) is 9.86. The summed E-state index contributed by atoms with van der Waals surface area (Å²) >= 11 is 0. The number of anilines is 1. The molecule has 1 fully saturated rings. The monoisotopic (exact) mass is 481 g/mol. The van der Waals surface area contributed by atoms with Crippen LogP contribution in [0.4, 0.5) is 19.0 Å². The van der Waals surface area contributed by atoms with E-state index in [1.165, 1.54) is 0 Å². The van der Waals surface area contributed by atoms with E-state index in [9.17, 15) is 26.4 Å². The standard InChI is InChI=1S/C21H22F3N5O3S/c1-29(12-21(22,23)24)33(31,32)25-11-13-3-2-4-15(9-13)16-7-8-17-18(10-16)27-28-19(17)26-20(30)14-5-6-14/h2-4,7-10,14,25H,5-6,11-12H2,1H3,(H2,26,27,28,30). The molecule has 0 aliphatic heterocycles. The second kappa shape index (κ2) is 8.76.